The molecular formula is C25H33F3N4O7S. The average Bonchev–Trinajstić information content (AvgIpc) is 3.33. The minimum Gasteiger partial charge on any atom is -0.344 e. The van der Waals surface area contributed by atoms with Gasteiger partial charge in [0.15, 0.2) is 0 Å². The molecule has 1 aromatic rings. The molecule has 0 radical (unpaired) electrons. The number of benzene rings is 1. The van der Waals surface area contributed by atoms with Crippen molar-refractivity contribution in [3.63, 3.8) is 0 Å². The van der Waals surface area contributed by atoms with Crippen molar-refractivity contribution in [3.8, 4) is 0 Å². The van der Waals surface area contributed by atoms with E-state index in [0.29, 0.717) is 6.42 Å². The zero-order chi connectivity index (χ0) is 30.6. The van der Waals surface area contributed by atoms with Crippen LogP contribution in [-0.2, 0) is 24.4 Å². The van der Waals surface area contributed by atoms with Crippen LogP contribution >= 0.6 is 0 Å². The summed E-state index contributed by atoms with van der Waals surface area (Å²) in [6.45, 7) is 6.16. The summed E-state index contributed by atoms with van der Waals surface area (Å²) >= 11 is 0. The molecule has 15 heteroatoms. The smallest absolute Gasteiger partial charge is 0.344 e. The number of likely N-dealkylation sites (tertiary alicyclic amines) is 1. The third kappa shape index (κ3) is 8.50. The van der Waals surface area contributed by atoms with E-state index in [0.717, 1.165) is 6.26 Å². The number of hydrogen-bond acceptors (Lipinski definition) is 7. The molecule has 1 saturated heterocycles. The molecule has 11 nitrogen and oxygen atoms in total. The topological polar surface area (TPSA) is 159 Å². The van der Waals surface area contributed by atoms with Crippen LogP contribution in [0, 0.1) is 11.8 Å². The highest BCUT2D eigenvalue weighted by molar-refractivity contribution is 7.89. The predicted molar refractivity (Wildman–Crippen MR) is 137 cm³/mol. The highest BCUT2D eigenvalue weighted by Crippen LogP contribution is 2.24. The van der Waals surface area contributed by atoms with Crippen LogP contribution in [0.4, 0.5) is 13.2 Å². The van der Waals surface area contributed by atoms with Gasteiger partial charge in [0.2, 0.25) is 21.8 Å². The van der Waals surface area contributed by atoms with E-state index in [1.807, 2.05) is 0 Å². The van der Waals surface area contributed by atoms with Crippen molar-refractivity contribution in [2.75, 3.05) is 12.8 Å². The van der Waals surface area contributed by atoms with Crippen LogP contribution in [-0.4, -0.2) is 79.8 Å². The van der Waals surface area contributed by atoms with Crippen molar-refractivity contribution < 1.29 is 45.6 Å². The number of amides is 4. The molecular weight excluding hydrogens is 557 g/mol. The number of hydrogen-bond donors (Lipinski definition) is 3. The van der Waals surface area contributed by atoms with Crippen LogP contribution in [0.25, 0.3) is 0 Å². The predicted octanol–water partition coefficient (Wildman–Crippen LogP) is 1.39. The van der Waals surface area contributed by atoms with Gasteiger partial charge in [0.25, 0.3) is 17.6 Å². The van der Waals surface area contributed by atoms with Crippen molar-refractivity contribution in [3.05, 3.63) is 35.4 Å². The number of halogens is 3. The Morgan fingerprint density at radius 2 is 1.38 bits per heavy atom. The molecule has 40 heavy (non-hydrogen) atoms. The fourth-order valence-corrected chi connectivity index (χ4v) is 4.64. The van der Waals surface area contributed by atoms with E-state index < -0.39 is 75.6 Å². The molecule has 0 saturated carbocycles. The second kappa shape index (κ2) is 12.8. The van der Waals surface area contributed by atoms with Gasteiger partial charge in [-0.25, -0.2) is 13.1 Å². The quantitative estimate of drug-likeness (QED) is 0.372. The van der Waals surface area contributed by atoms with Crippen LogP contribution in [0.2, 0.25) is 0 Å². The number of sulfonamides is 1. The number of ketones is 1. The first-order valence-corrected chi connectivity index (χ1v) is 14.4. The van der Waals surface area contributed by atoms with Crippen molar-refractivity contribution in [2.24, 2.45) is 11.8 Å². The van der Waals surface area contributed by atoms with Crippen LogP contribution in [0.1, 0.15) is 61.3 Å². The Labute approximate surface area is 230 Å². The zero-order valence-electron chi connectivity index (χ0n) is 22.7. The summed E-state index contributed by atoms with van der Waals surface area (Å²) in [7, 11) is -3.79. The van der Waals surface area contributed by atoms with Crippen molar-refractivity contribution in [1.82, 2.24) is 20.3 Å². The number of Topliss-reactive ketones (excluding diaryl/α,β-unsaturated/α-hetero) is 1. The molecule has 0 aromatic heterocycles. The Kier molecular flexibility index (Phi) is 10.5. The van der Waals surface area contributed by atoms with Gasteiger partial charge in [-0.2, -0.15) is 13.2 Å². The van der Waals surface area contributed by atoms with Gasteiger partial charge in [-0.15, -0.1) is 0 Å². The van der Waals surface area contributed by atoms with E-state index in [1.54, 1.807) is 18.6 Å². The number of nitrogens with one attached hydrogen (secondary N) is 3. The van der Waals surface area contributed by atoms with Gasteiger partial charge in [-0.3, -0.25) is 24.0 Å². The first-order chi connectivity index (χ1) is 18.3. The lowest BCUT2D eigenvalue weighted by atomic mass is 9.98. The fourth-order valence-electron chi connectivity index (χ4n) is 4.18. The molecule has 222 valence electrons. The lowest BCUT2D eigenvalue weighted by Gasteiger charge is -2.32. The maximum atomic E-state index is 13.4. The molecule has 2 unspecified atom stereocenters. The number of nitrogens with zero attached hydrogens (tertiary/aromatic N) is 1. The lowest BCUT2D eigenvalue weighted by molar-refractivity contribution is -0.175. The second-order valence-electron chi connectivity index (χ2n) is 10.3. The number of rotatable bonds is 10. The van der Waals surface area contributed by atoms with Crippen LogP contribution in [0.5, 0.6) is 0 Å². The number of alkyl halides is 3. The van der Waals surface area contributed by atoms with Crippen molar-refractivity contribution >= 4 is 39.4 Å². The van der Waals surface area contributed by atoms with Gasteiger partial charge >= 0.3 is 6.18 Å². The Morgan fingerprint density at radius 1 is 0.875 bits per heavy atom. The van der Waals surface area contributed by atoms with E-state index in [9.17, 15) is 45.6 Å². The SMILES string of the molecule is CC(C)C(NC(=O)C1CCCN1C(=O)[C@@H](NC(=O)c1ccc(C(=O)NS(C)(=O)=O)cc1)C(C)C)C(=O)C(F)(F)F. The van der Waals surface area contributed by atoms with Crippen LogP contribution < -0.4 is 15.4 Å². The summed E-state index contributed by atoms with van der Waals surface area (Å²) in [4.78, 5) is 64.2. The number of carbonyl (C=O) groups is 5. The summed E-state index contributed by atoms with van der Waals surface area (Å²) in [5, 5.41) is 4.74. The second-order valence-corrected chi connectivity index (χ2v) is 12.0. The molecule has 2 rings (SSSR count). The van der Waals surface area contributed by atoms with Gasteiger partial charge in [0, 0.05) is 17.7 Å². The Hall–Kier alpha value is -3.49. The summed E-state index contributed by atoms with van der Waals surface area (Å²) in [5.74, 6) is -6.46. The minimum absolute atomic E-state index is 0.0203. The van der Waals surface area contributed by atoms with Gasteiger partial charge in [0.1, 0.15) is 12.1 Å². The monoisotopic (exact) mass is 590 g/mol. The van der Waals surface area contributed by atoms with Crippen molar-refractivity contribution in [2.45, 2.75) is 64.8 Å². The minimum atomic E-state index is -5.14. The van der Waals surface area contributed by atoms with Gasteiger partial charge in [-0.05, 0) is 48.9 Å². The lowest BCUT2D eigenvalue weighted by Crippen LogP contribution is -2.58. The average molecular weight is 591 g/mol. The van der Waals surface area contributed by atoms with E-state index in [2.05, 4.69) is 10.6 Å². The largest absolute Gasteiger partial charge is 0.452 e. The summed E-state index contributed by atoms with van der Waals surface area (Å²) < 4.78 is 63.4. The Bertz CT molecular complexity index is 1250. The third-order valence-corrected chi connectivity index (χ3v) is 6.83. The molecule has 1 fully saturated rings. The standard InChI is InChI=1S/C25H33F3N4O7S/c1-13(2)18(20(33)25(26,27)28)29-23(36)17-7-6-12-32(17)24(37)19(14(3)4)30-21(34)15-8-10-16(11-9-15)22(35)31-40(5,38)39/h8-11,13-14,17-19H,6-7,12H2,1-5H3,(H,29,36)(H,30,34)(H,31,35)/t17?,18?,19-/m0/s1. The molecule has 1 aliphatic rings. The summed E-state index contributed by atoms with van der Waals surface area (Å²) in [6.07, 6.45) is -3.78. The fraction of sp³-hybridized carbons (Fsp3) is 0.560. The zero-order valence-corrected chi connectivity index (χ0v) is 23.5. The highest BCUT2D eigenvalue weighted by atomic mass is 32.2. The van der Waals surface area contributed by atoms with E-state index in [1.165, 1.54) is 43.0 Å². The van der Waals surface area contributed by atoms with E-state index >= 15 is 0 Å². The first-order valence-electron chi connectivity index (χ1n) is 12.5. The molecule has 1 heterocycles. The number of carbonyl (C=O) groups excluding carboxylic acids is 5. The third-order valence-electron chi connectivity index (χ3n) is 6.27. The molecule has 1 aromatic carbocycles. The van der Waals surface area contributed by atoms with E-state index in [-0.39, 0.29) is 24.1 Å². The maximum Gasteiger partial charge on any atom is 0.452 e. The summed E-state index contributed by atoms with van der Waals surface area (Å²) in [6, 6.07) is 0.959. The Balaban J connectivity index is 2.17. The molecule has 3 atom stereocenters. The Morgan fingerprint density at radius 3 is 1.82 bits per heavy atom. The molecule has 0 aliphatic carbocycles. The summed E-state index contributed by atoms with van der Waals surface area (Å²) in [5.41, 5.74) is 0.0450. The molecule has 0 spiro atoms. The van der Waals surface area contributed by atoms with Gasteiger partial charge in [0.05, 0.1) is 12.3 Å². The van der Waals surface area contributed by atoms with Gasteiger partial charge < -0.3 is 15.5 Å². The molecule has 0 bridgehead atoms. The molecule has 1 aliphatic heterocycles. The highest BCUT2D eigenvalue weighted by Gasteiger charge is 2.46. The molecule has 3 N–H and O–H groups in total. The van der Waals surface area contributed by atoms with Gasteiger partial charge in [-0.1, -0.05) is 27.7 Å². The normalized spacial score (nSPS) is 17.4. The molecule has 4 amide bonds. The first kappa shape index (κ1) is 32.7. The maximum absolute atomic E-state index is 13.4. The van der Waals surface area contributed by atoms with Crippen LogP contribution in [0.15, 0.2) is 24.3 Å². The van der Waals surface area contributed by atoms with Crippen LogP contribution in [0.3, 0.4) is 0 Å². The van der Waals surface area contributed by atoms with E-state index in [4.69, 9.17) is 0 Å². The van der Waals surface area contributed by atoms with Crippen molar-refractivity contribution in [1.29, 1.82) is 0 Å².